The largest absolute Gasteiger partial charge is 0.493 e. The van der Waals surface area contributed by atoms with E-state index in [9.17, 15) is 19.2 Å². The van der Waals surface area contributed by atoms with Crippen molar-refractivity contribution in [2.75, 3.05) is 30.5 Å². The van der Waals surface area contributed by atoms with Crippen molar-refractivity contribution in [3.8, 4) is 17.2 Å². The molecular weight excluding hydrogens is 674 g/mol. The van der Waals surface area contributed by atoms with Gasteiger partial charge in [-0.1, -0.05) is 35.0 Å². The monoisotopic (exact) mass is 699 g/mol. The summed E-state index contributed by atoms with van der Waals surface area (Å²) in [6.07, 6.45) is 2.08. The molecule has 12 heteroatoms. The number of nitrogens with zero attached hydrogens (tertiary/aromatic N) is 1. The van der Waals surface area contributed by atoms with Crippen LogP contribution in [0.5, 0.6) is 17.2 Å². The van der Waals surface area contributed by atoms with Crippen molar-refractivity contribution >= 4 is 73.1 Å². The van der Waals surface area contributed by atoms with Gasteiger partial charge in [0.1, 0.15) is 11.3 Å². The second-order valence-electron chi connectivity index (χ2n) is 9.15. The third-order valence-electron chi connectivity index (χ3n) is 5.96. The number of aryl methyl sites for hydroxylation is 1. The molecule has 218 valence electrons. The number of carbonyl (C=O) groups excluding carboxylic acids is 4. The maximum Gasteiger partial charge on any atom is 0.335 e. The van der Waals surface area contributed by atoms with E-state index in [1.54, 1.807) is 24.3 Å². The smallest absolute Gasteiger partial charge is 0.335 e. The molecule has 2 N–H and O–H groups in total. The first-order chi connectivity index (χ1) is 20.1. The first-order valence-electron chi connectivity index (χ1n) is 12.8. The number of halogens is 2. The van der Waals surface area contributed by atoms with E-state index in [-0.39, 0.29) is 23.6 Å². The number of amides is 5. The van der Waals surface area contributed by atoms with E-state index < -0.39 is 23.8 Å². The van der Waals surface area contributed by atoms with Crippen molar-refractivity contribution in [2.45, 2.75) is 20.3 Å². The Labute approximate surface area is 259 Å². The minimum Gasteiger partial charge on any atom is -0.493 e. The quantitative estimate of drug-likeness (QED) is 0.196. The molecular formula is C30H27Br2N3O7. The number of rotatable bonds is 10. The van der Waals surface area contributed by atoms with E-state index in [1.165, 1.54) is 25.3 Å². The van der Waals surface area contributed by atoms with Gasteiger partial charge in [-0.2, -0.15) is 0 Å². The number of barbiturate groups is 1. The molecule has 0 atom stereocenters. The van der Waals surface area contributed by atoms with Crippen molar-refractivity contribution in [1.82, 2.24) is 5.32 Å². The molecule has 3 aromatic rings. The Morgan fingerprint density at radius 3 is 2.52 bits per heavy atom. The maximum atomic E-state index is 13.6. The number of nitrogens with one attached hydrogen (secondary N) is 2. The first-order valence-corrected chi connectivity index (χ1v) is 14.4. The van der Waals surface area contributed by atoms with Gasteiger partial charge in [0, 0.05) is 21.8 Å². The number of hydrogen-bond acceptors (Lipinski definition) is 7. The van der Waals surface area contributed by atoms with E-state index in [1.807, 2.05) is 32.0 Å². The molecule has 1 fully saturated rings. The van der Waals surface area contributed by atoms with Crippen molar-refractivity contribution in [1.29, 1.82) is 0 Å². The first kappa shape index (κ1) is 30.8. The number of hydrogen-bond donors (Lipinski definition) is 2. The van der Waals surface area contributed by atoms with Crippen LogP contribution in [0.4, 0.5) is 16.2 Å². The third kappa shape index (κ3) is 7.18. The minimum absolute atomic E-state index is 0.177. The van der Waals surface area contributed by atoms with Gasteiger partial charge < -0.3 is 19.5 Å². The van der Waals surface area contributed by atoms with Crippen LogP contribution in [0.3, 0.4) is 0 Å². The molecule has 10 nitrogen and oxygen atoms in total. The lowest BCUT2D eigenvalue weighted by Crippen LogP contribution is -2.54. The molecule has 3 aromatic carbocycles. The second kappa shape index (κ2) is 13.7. The van der Waals surface area contributed by atoms with Gasteiger partial charge in [0.15, 0.2) is 18.1 Å². The summed E-state index contributed by atoms with van der Waals surface area (Å²) in [6.45, 7) is 3.99. The van der Waals surface area contributed by atoms with Crippen LogP contribution >= 0.6 is 31.9 Å². The van der Waals surface area contributed by atoms with Crippen molar-refractivity contribution < 1.29 is 33.4 Å². The fourth-order valence-electron chi connectivity index (χ4n) is 4.07. The molecule has 1 heterocycles. The Kier molecular flexibility index (Phi) is 10.0. The molecule has 0 spiro atoms. The lowest BCUT2D eigenvalue weighted by atomic mass is 10.1. The van der Waals surface area contributed by atoms with Crippen molar-refractivity contribution in [2.24, 2.45) is 0 Å². The lowest BCUT2D eigenvalue weighted by Gasteiger charge is -2.27. The van der Waals surface area contributed by atoms with Crippen LogP contribution in [-0.2, 0) is 14.4 Å². The van der Waals surface area contributed by atoms with Gasteiger partial charge in [-0.15, -0.1) is 0 Å². The number of ether oxygens (including phenoxy) is 3. The second-order valence-corrected chi connectivity index (χ2v) is 10.9. The fraction of sp³-hybridized carbons (Fsp3) is 0.200. The number of methoxy groups -OCH3 is 1. The number of carbonyl (C=O) groups is 4. The molecule has 0 saturated carbocycles. The standard InChI is InChI=1S/C30H27Br2N3O7/c1-4-10-41-24-9-8-21(15-25(24)40-3)35-29(38)22(28(37)34-30(35)39)13-18-12-19(31)14-23(32)27(18)42-16-26(36)33-20-7-5-6-17(2)11-20/h5-9,11-15H,4,10,16H2,1-3H3,(H,33,36)(H,34,37,39)/b22-13-. The van der Waals surface area contributed by atoms with Crippen LogP contribution in [0.1, 0.15) is 24.5 Å². The van der Waals surface area contributed by atoms with Crippen LogP contribution in [0.2, 0.25) is 0 Å². The van der Waals surface area contributed by atoms with E-state index in [0.717, 1.165) is 16.9 Å². The molecule has 5 amide bonds. The highest BCUT2D eigenvalue weighted by molar-refractivity contribution is 9.11. The molecule has 0 aliphatic carbocycles. The van der Waals surface area contributed by atoms with E-state index in [0.29, 0.717) is 38.3 Å². The van der Waals surface area contributed by atoms with Crippen molar-refractivity contribution in [3.63, 3.8) is 0 Å². The topological polar surface area (TPSA) is 123 Å². The Morgan fingerprint density at radius 2 is 1.81 bits per heavy atom. The number of imide groups is 2. The Bertz CT molecular complexity index is 1590. The highest BCUT2D eigenvalue weighted by atomic mass is 79.9. The summed E-state index contributed by atoms with van der Waals surface area (Å²) in [6, 6.07) is 14.3. The predicted molar refractivity (Wildman–Crippen MR) is 165 cm³/mol. The third-order valence-corrected chi connectivity index (χ3v) is 7.00. The summed E-state index contributed by atoms with van der Waals surface area (Å²) in [5.41, 5.74) is 1.78. The normalized spacial score (nSPS) is 14.1. The van der Waals surface area contributed by atoms with Gasteiger partial charge in [-0.3, -0.25) is 19.7 Å². The average Bonchev–Trinajstić information content (AvgIpc) is 2.93. The summed E-state index contributed by atoms with van der Waals surface area (Å²) in [4.78, 5) is 52.6. The SMILES string of the molecule is CCCOc1ccc(N2C(=O)NC(=O)/C(=C/c3cc(Br)cc(Br)c3OCC(=O)Nc3cccc(C)c3)C2=O)cc1OC. The summed E-state index contributed by atoms with van der Waals surface area (Å²) >= 11 is 6.83. The minimum atomic E-state index is -0.911. The molecule has 0 aromatic heterocycles. The van der Waals surface area contributed by atoms with E-state index >= 15 is 0 Å². The Balaban J connectivity index is 1.63. The summed E-state index contributed by atoms with van der Waals surface area (Å²) in [5, 5.41) is 4.97. The fourth-order valence-corrected chi connectivity index (χ4v) is 5.44. The zero-order valence-corrected chi connectivity index (χ0v) is 26.1. The van der Waals surface area contributed by atoms with Crippen LogP contribution in [-0.4, -0.2) is 44.1 Å². The van der Waals surface area contributed by atoms with Gasteiger partial charge in [-0.25, -0.2) is 9.69 Å². The van der Waals surface area contributed by atoms with Crippen LogP contribution in [0.25, 0.3) is 6.08 Å². The Morgan fingerprint density at radius 1 is 1.02 bits per heavy atom. The van der Waals surface area contributed by atoms with Gasteiger partial charge in [0.25, 0.3) is 17.7 Å². The van der Waals surface area contributed by atoms with Crippen LogP contribution in [0.15, 0.2) is 69.1 Å². The summed E-state index contributed by atoms with van der Waals surface area (Å²) in [7, 11) is 1.44. The highest BCUT2D eigenvalue weighted by Crippen LogP contribution is 2.36. The van der Waals surface area contributed by atoms with Gasteiger partial charge in [-0.05, 0) is 77.3 Å². The Hall–Kier alpha value is -4.16. The van der Waals surface area contributed by atoms with Gasteiger partial charge in [0.05, 0.1) is 23.9 Å². The predicted octanol–water partition coefficient (Wildman–Crippen LogP) is 6.00. The molecule has 42 heavy (non-hydrogen) atoms. The number of anilines is 2. The maximum absolute atomic E-state index is 13.6. The molecule has 1 aliphatic heterocycles. The summed E-state index contributed by atoms with van der Waals surface area (Å²) in [5.74, 6) is -1.15. The molecule has 0 bridgehead atoms. The van der Waals surface area contributed by atoms with Crippen LogP contribution in [0, 0.1) is 6.92 Å². The zero-order chi connectivity index (χ0) is 30.4. The molecule has 0 radical (unpaired) electrons. The lowest BCUT2D eigenvalue weighted by molar-refractivity contribution is -0.122. The molecule has 1 saturated heterocycles. The van der Waals surface area contributed by atoms with Crippen molar-refractivity contribution in [3.05, 3.63) is 80.2 Å². The number of benzene rings is 3. The van der Waals surface area contributed by atoms with E-state index in [4.69, 9.17) is 14.2 Å². The van der Waals surface area contributed by atoms with E-state index in [2.05, 4.69) is 42.5 Å². The van der Waals surface area contributed by atoms with Gasteiger partial charge >= 0.3 is 6.03 Å². The molecule has 0 unspecified atom stereocenters. The summed E-state index contributed by atoms with van der Waals surface area (Å²) < 4.78 is 18.0. The van der Waals surface area contributed by atoms with Gasteiger partial charge in [0.2, 0.25) is 0 Å². The highest BCUT2D eigenvalue weighted by Gasteiger charge is 2.37. The number of urea groups is 1. The molecule has 4 rings (SSSR count). The molecule has 1 aliphatic rings. The van der Waals surface area contributed by atoms with Crippen LogP contribution < -0.4 is 29.7 Å². The average molecular weight is 701 g/mol. The zero-order valence-electron chi connectivity index (χ0n) is 23.0.